The molecule has 0 bridgehead atoms. The number of likely N-dealkylation sites (N-methyl/N-ethyl adjacent to an activating group) is 1. The molecule has 0 spiro atoms. The van der Waals surface area contributed by atoms with Crippen LogP contribution < -0.4 is 4.74 Å². The first-order chi connectivity index (χ1) is 9.53. The van der Waals surface area contributed by atoms with Crippen LogP contribution in [-0.2, 0) is 0 Å². The molecular weight excluding hydrogens is 381 g/mol. The Bertz CT molecular complexity index is 567. The van der Waals surface area contributed by atoms with E-state index in [0.717, 1.165) is 16.8 Å². The maximum absolute atomic E-state index is 11.9. The molecule has 6 heteroatoms. The standard InChI is InChI=1S/C12H15N3O2.C3H8.HI/c1-14(2)7-12(16)15-8-13-10-6-9(17-3)4-5-11(10)15;1-3-2;/h4-6,8H,7H2,1-3H3;3H2,1-2H3;1H. The van der Waals surface area contributed by atoms with Crippen molar-refractivity contribution >= 4 is 40.9 Å². The fraction of sp³-hybridized carbons (Fsp3) is 0.467. The zero-order chi connectivity index (χ0) is 15.1. The zero-order valence-corrected chi connectivity index (χ0v) is 15.6. The number of hydrogen-bond acceptors (Lipinski definition) is 4. The minimum Gasteiger partial charge on any atom is -0.497 e. The lowest BCUT2D eigenvalue weighted by Gasteiger charge is -2.09. The monoisotopic (exact) mass is 405 g/mol. The third-order valence-electron chi connectivity index (χ3n) is 2.47. The van der Waals surface area contributed by atoms with Gasteiger partial charge in [-0.1, -0.05) is 20.3 Å². The van der Waals surface area contributed by atoms with Crippen molar-refractivity contribution in [3.63, 3.8) is 0 Å². The molecule has 1 aromatic carbocycles. The highest BCUT2D eigenvalue weighted by atomic mass is 127. The highest BCUT2D eigenvalue weighted by Crippen LogP contribution is 2.19. The molecule has 5 nitrogen and oxygen atoms in total. The largest absolute Gasteiger partial charge is 0.497 e. The molecule has 1 heterocycles. The molecule has 0 N–H and O–H groups in total. The van der Waals surface area contributed by atoms with Gasteiger partial charge in [-0.15, -0.1) is 24.0 Å². The zero-order valence-electron chi connectivity index (χ0n) is 13.3. The Labute approximate surface area is 143 Å². The molecular formula is C15H24IN3O2. The third kappa shape index (κ3) is 5.62. The van der Waals surface area contributed by atoms with E-state index in [0.29, 0.717) is 6.54 Å². The second kappa shape index (κ2) is 9.73. The number of carbonyl (C=O) groups is 1. The summed E-state index contributed by atoms with van der Waals surface area (Å²) in [6.07, 6.45) is 2.80. The Morgan fingerprint density at radius 1 is 1.33 bits per heavy atom. The molecule has 21 heavy (non-hydrogen) atoms. The molecule has 118 valence electrons. The Kier molecular flexibility index (Phi) is 9.19. The normalized spacial score (nSPS) is 9.81. The van der Waals surface area contributed by atoms with Crippen LogP contribution in [0.15, 0.2) is 24.5 Å². The minimum absolute atomic E-state index is 0. The van der Waals surface area contributed by atoms with Crippen LogP contribution in [0.4, 0.5) is 0 Å². The van der Waals surface area contributed by atoms with E-state index in [-0.39, 0.29) is 29.9 Å². The van der Waals surface area contributed by atoms with Crippen LogP contribution in [0.2, 0.25) is 0 Å². The van der Waals surface area contributed by atoms with E-state index in [1.165, 1.54) is 6.42 Å². The van der Waals surface area contributed by atoms with Gasteiger partial charge in [0.05, 0.1) is 24.7 Å². The van der Waals surface area contributed by atoms with E-state index in [1.807, 2.05) is 37.2 Å². The number of methoxy groups -OCH3 is 1. The van der Waals surface area contributed by atoms with Gasteiger partial charge < -0.3 is 9.64 Å². The number of halogens is 1. The molecule has 0 saturated heterocycles. The smallest absolute Gasteiger partial charge is 0.246 e. The highest BCUT2D eigenvalue weighted by molar-refractivity contribution is 14.0. The van der Waals surface area contributed by atoms with E-state index in [2.05, 4.69) is 18.8 Å². The summed E-state index contributed by atoms with van der Waals surface area (Å²) in [4.78, 5) is 18.0. The lowest BCUT2D eigenvalue weighted by atomic mass is 10.3. The van der Waals surface area contributed by atoms with Crippen LogP contribution in [0.5, 0.6) is 5.75 Å². The van der Waals surface area contributed by atoms with Crippen molar-refractivity contribution in [2.45, 2.75) is 20.3 Å². The summed E-state index contributed by atoms with van der Waals surface area (Å²) in [5, 5.41) is 0. The average Bonchev–Trinajstić information content (AvgIpc) is 2.81. The van der Waals surface area contributed by atoms with Crippen LogP contribution in [0.1, 0.15) is 25.1 Å². The van der Waals surface area contributed by atoms with Crippen LogP contribution in [0.25, 0.3) is 11.0 Å². The first-order valence-electron chi connectivity index (χ1n) is 6.72. The van der Waals surface area contributed by atoms with Gasteiger partial charge in [0.25, 0.3) is 0 Å². The van der Waals surface area contributed by atoms with Crippen molar-refractivity contribution < 1.29 is 9.53 Å². The lowest BCUT2D eigenvalue weighted by Crippen LogP contribution is -2.25. The number of benzene rings is 1. The van der Waals surface area contributed by atoms with Crippen LogP contribution in [0, 0.1) is 0 Å². The molecule has 0 aliphatic carbocycles. The minimum atomic E-state index is 0. The summed E-state index contributed by atoms with van der Waals surface area (Å²) in [5.41, 5.74) is 1.56. The summed E-state index contributed by atoms with van der Waals surface area (Å²) in [6, 6.07) is 5.48. The number of nitrogens with zero attached hydrogens (tertiary/aromatic N) is 3. The van der Waals surface area contributed by atoms with Crippen LogP contribution >= 0.6 is 24.0 Å². The van der Waals surface area contributed by atoms with Gasteiger partial charge in [-0.3, -0.25) is 9.36 Å². The molecule has 0 saturated carbocycles. The summed E-state index contributed by atoms with van der Waals surface area (Å²) < 4.78 is 6.68. The Morgan fingerprint density at radius 2 is 1.95 bits per heavy atom. The summed E-state index contributed by atoms with van der Waals surface area (Å²) in [5.74, 6) is 0.741. The van der Waals surface area contributed by atoms with Gasteiger partial charge in [-0.2, -0.15) is 0 Å². The SMILES string of the molecule is CCC.COc1ccc2c(c1)ncn2C(=O)CN(C)C.I. The van der Waals surface area contributed by atoms with Crippen molar-refractivity contribution in [2.24, 2.45) is 0 Å². The van der Waals surface area contributed by atoms with Crippen molar-refractivity contribution in [3.05, 3.63) is 24.5 Å². The van der Waals surface area contributed by atoms with Crippen molar-refractivity contribution in [3.8, 4) is 5.75 Å². The van der Waals surface area contributed by atoms with Gasteiger partial charge in [0.15, 0.2) is 0 Å². The van der Waals surface area contributed by atoms with Gasteiger partial charge in [-0.05, 0) is 26.2 Å². The number of imidazole rings is 1. The Morgan fingerprint density at radius 3 is 2.48 bits per heavy atom. The number of hydrogen-bond donors (Lipinski definition) is 0. The topological polar surface area (TPSA) is 47.4 Å². The first kappa shape index (κ1) is 19.9. The molecule has 1 aromatic heterocycles. The van der Waals surface area contributed by atoms with Crippen molar-refractivity contribution in [1.29, 1.82) is 0 Å². The second-order valence-electron chi connectivity index (χ2n) is 4.81. The van der Waals surface area contributed by atoms with Gasteiger partial charge in [0.2, 0.25) is 5.91 Å². The summed E-state index contributed by atoms with van der Waals surface area (Å²) in [6.45, 7) is 4.61. The van der Waals surface area contributed by atoms with E-state index in [4.69, 9.17) is 4.74 Å². The molecule has 2 aromatic rings. The Balaban J connectivity index is 0.000000922. The predicted octanol–water partition coefficient (Wildman–Crippen LogP) is 3.28. The maximum Gasteiger partial charge on any atom is 0.246 e. The average molecular weight is 405 g/mol. The van der Waals surface area contributed by atoms with Gasteiger partial charge in [-0.25, -0.2) is 4.98 Å². The highest BCUT2D eigenvalue weighted by Gasteiger charge is 2.11. The predicted molar refractivity (Wildman–Crippen MR) is 96.8 cm³/mol. The van der Waals surface area contributed by atoms with Gasteiger partial charge in [0, 0.05) is 6.07 Å². The molecule has 0 radical (unpaired) electrons. The van der Waals surface area contributed by atoms with Crippen molar-refractivity contribution in [1.82, 2.24) is 14.5 Å². The lowest BCUT2D eigenvalue weighted by molar-refractivity contribution is 0.0881. The second-order valence-corrected chi connectivity index (χ2v) is 4.81. The van der Waals surface area contributed by atoms with E-state index >= 15 is 0 Å². The number of rotatable bonds is 3. The molecule has 2 rings (SSSR count). The number of fused-ring (bicyclic) bond motifs is 1. The molecule has 0 atom stereocenters. The van der Waals surface area contributed by atoms with E-state index in [9.17, 15) is 4.79 Å². The molecule has 0 aliphatic heterocycles. The molecule has 0 fully saturated rings. The summed E-state index contributed by atoms with van der Waals surface area (Å²) >= 11 is 0. The molecule has 0 unspecified atom stereocenters. The summed E-state index contributed by atoms with van der Waals surface area (Å²) in [7, 11) is 5.33. The number of carbonyl (C=O) groups excluding carboxylic acids is 1. The number of ether oxygens (including phenoxy) is 1. The van der Waals surface area contributed by atoms with Crippen LogP contribution in [-0.4, -0.2) is 48.1 Å². The quantitative estimate of drug-likeness (QED) is 0.736. The molecule has 0 amide bonds. The van der Waals surface area contributed by atoms with E-state index in [1.54, 1.807) is 18.0 Å². The van der Waals surface area contributed by atoms with Crippen LogP contribution in [0.3, 0.4) is 0 Å². The van der Waals surface area contributed by atoms with E-state index < -0.39 is 0 Å². The fourth-order valence-electron chi connectivity index (χ4n) is 1.66. The first-order valence-corrected chi connectivity index (χ1v) is 6.72. The maximum atomic E-state index is 11.9. The van der Waals surface area contributed by atoms with Crippen molar-refractivity contribution in [2.75, 3.05) is 27.7 Å². The fourth-order valence-corrected chi connectivity index (χ4v) is 1.66. The van der Waals surface area contributed by atoms with Gasteiger partial charge >= 0.3 is 0 Å². The molecule has 0 aliphatic rings. The number of aromatic nitrogens is 2. The third-order valence-corrected chi connectivity index (χ3v) is 2.47. The van der Waals surface area contributed by atoms with Gasteiger partial charge in [0.1, 0.15) is 12.1 Å². The Hall–Kier alpha value is -1.15.